The molecule has 2 heterocycles. The van der Waals surface area contributed by atoms with Gasteiger partial charge in [0.05, 0.1) is 0 Å². The van der Waals surface area contributed by atoms with E-state index in [4.69, 9.17) is 10.00 Å². The standard InChI is InChI=1S/C23H26N4O4/c1-16-19(17(2)25-23(30)20(16)14-24)8-9-22(29)31-15-21(28)27-12-10-26(11-13-27)18-6-4-3-5-7-18/h3-7H,8-13,15H2,1-2H3,(H,25,30). The lowest BCUT2D eigenvalue weighted by molar-refractivity contribution is -0.152. The highest BCUT2D eigenvalue weighted by atomic mass is 16.5. The Bertz CT molecular complexity index is 1050. The molecule has 8 heteroatoms. The first-order valence-corrected chi connectivity index (χ1v) is 10.3. The van der Waals surface area contributed by atoms with E-state index in [1.165, 1.54) is 0 Å². The number of pyridine rings is 1. The first kappa shape index (κ1) is 22.1. The number of nitrogens with one attached hydrogen (secondary N) is 1. The van der Waals surface area contributed by atoms with Gasteiger partial charge in [-0.1, -0.05) is 18.2 Å². The van der Waals surface area contributed by atoms with Crippen LogP contribution in [0, 0.1) is 25.2 Å². The summed E-state index contributed by atoms with van der Waals surface area (Å²) in [5.41, 5.74) is 2.70. The molecule has 1 N–H and O–H groups in total. The number of ether oxygens (including phenoxy) is 1. The lowest BCUT2D eigenvalue weighted by Crippen LogP contribution is -2.49. The number of H-pyrrole nitrogens is 1. The number of carbonyl (C=O) groups is 2. The van der Waals surface area contributed by atoms with Gasteiger partial charge < -0.3 is 19.5 Å². The fraction of sp³-hybridized carbons (Fsp3) is 0.391. The molecule has 0 unspecified atom stereocenters. The number of anilines is 1. The second-order valence-corrected chi connectivity index (χ2v) is 7.53. The second-order valence-electron chi connectivity index (χ2n) is 7.53. The molecule has 0 bridgehead atoms. The summed E-state index contributed by atoms with van der Waals surface area (Å²) in [4.78, 5) is 42.9. The largest absolute Gasteiger partial charge is 0.456 e. The predicted molar refractivity (Wildman–Crippen MR) is 116 cm³/mol. The number of carbonyl (C=O) groups excluding carboxylic acids is 2. The normalized spacial score (nSPS) is 13.6. The Morgan fingerprint density at radius 1 is 1.13 bits per heavy atom. The van der Waals surface area contributed by atoms with Gasteiger partial charge >= 0.3 is 5.97 Å². The molecule has 1 amide bonds. The number of aromatic nitrogens is 1. The molecule has 8 nitrogen and oxygen atoms in total. The van der Waals surface area contributed by atoms with Crippen molar-refractivity contribution < 1.29 is 14.3 Å². The van der Waals surface area contributed by atoms with Crippen molar-refractivity contribution in [1.82, 2.24) is 9.88 Å². The van der Waals surface area contributed by atoms with E-state index in [9.17, 15) is 14.4 Å². The molecule has 1 aliphatic heterocycles. The van der Waals surface area contributed by atoms with Crippen LogP contribution in [0.15, 0.2) is 35.1 Å². The van der Waals surface area contributed by atoms with Gasteiger partial charge in [0, 0.05) is 44.0 Å². The second kappa shape index (κ2) is 9.94. The SMILES string of the molecule is Cc1[nH]c(=O)c(C#N)c(C)c1CCC(=O)OCC(=O)N1CCN(c2ccccc2)CC1. The van der Waals surface area contributed by atoms with E-state index in [1.54, 1.807) is 18.7 Å². The molecule has 0 atom stereocenters. The van der Waals surface area contributed by atoms with Crippen LogP contribution in [0.2, 0.25) is 0 Å². The van der Waals surface area contributed by atoms with E-state index in [1.807, 2.05) is 36.4 Å². The molecule has 0 aliphatic carbocycles. The van der Waals surface area contributed by atoms with Crippen molar-refractivity contribution in [3.63, 3.8) is 0 Å². The third-order valence-electron chi connectivity index (χ3n) is 5.61. The third-order valence-corrected chi connectivity index (χ3v) is 5.61. The maximum Gasteiger partial charge on any atom is 0.306 e. The Labute approximate surface area is 181 Å². The van der Waals surface area contributed by atoms with Crippen LogP contribution < -0.4 is 10.5 Å². The molecule has 0 saturated carbocycles. The van der Waals surface area contributed by atoms with Crippen LogP contribution in [0.4, 0.5) is 5.69 Å². The average molecular weight is 422 g/mol. The number of benzene rings is 1. The van der Waals surface area contributed by atoms with Crippen molar-refractivity contribution in [3.8, 4) is 6.07 Å². The number of amides is 1. The molecule has 1 fully saturated rings. The van der Waals surface area contributed by atoms with Crippen molar-refractivity contribution in [2.75, 3.05) is 37.7 Å². The number of hydrogen-bond acceptors (Lipinski definition) is 6. The summed E-state index contributed by atoms with van der Waals surface area (Å²) in [6.07, 6.45) is 0.388. The van der Waals surface area contributed by atoms with Crippen LogP contribution in [-0.2, 0) is 20.7 Å². The van der Waals surface area contributed by atoms with Crippen molar-refractivity contribution in [2.24, 2.45) is 0 Å². The lowest BCUT2D eigenvalue weighted by atomic mass is 9.99. The number of nitrogens with zero attached hydrogens (tertiary/aromatic N) is 3. The quantitative estimate of drug-likeness (QED) is 0.710. The Balaban J connectivity index is 1.46. The van der Waals surface area contributed by atoms with E-state index in [-0.39, 0.29) is 24.5 Å². The zero-order valence-corrected chi connectivity index (χ0v) is 17.8. The van der Waals surface area contributed by atoms with Crippen LogP contribution in [0.3, 0.4) is 0 Å². The highest BCUT2D eigenvalue weighted by Gasteiger charge is 2.22. The molecular formula is C23H26N4O4. The molecule has 3 rings (SSSR count). The summed E-state index contributed by atoms with van der Waals surface area (Å²) < 4.78 is 5.17. The Kier molecular flexibility index (Phi) is 7.08. The number of hydrogen-bond donors (Lipinski definition) is 1. The van der Waals surface area contributed by atoms with Gasteiger partial charge in [0.1, 0.15) is 11.6 Å². The van der Waals surface area contributed by atoms with Gasteiger partial charge in [-0.2, -0.15) is 5.26 Å². The Morgan fingerprint density at radius 3 is 2.45 bits per heavy atom. The summed E-state index contributed by atoms with van der Waals surface area (Å²) >= 11 is 0. The van der Waals surface area contributed by atoms with Crippen LogP contribution in [0.25, 0.3) is 0 Å². The fourth-order valence-electron chi connectivity index (χ4n) is 3.81. The lowest BCUT2D eigenvalue weighted by Gasteiger charge is -2.36. The van der Waals surface area contributed by atoms with E-state index < -0.39 is 11.5 Å². The Morgan fingerprint density at radius 2 is 1.81 bits per heavy atom. The number of piperazine rings is 1. The minimum absolute atomic E-state index is 0.0544. The van der Waals surface area contributed by atoms with Crippen molar-refractivity contribution in [1.29, 1.82) is 5.26 Å². The van der Waals surface area contributed by atoms with E-state index in [0.717, 1.165) is 24.3 Å². The first-order valence-electron chi connectivity index (χ1n) is 10.3. The number of aryl methyl sites for hydroxylation is 1. The first-order chi connectivity index (χ1) is 14.9. The fourth-order valence-corrected chi connectivity index (χ4v) is 3.81. The summed E-state index contributed by atoms with van der Waals surface area (Å²) in [6.45, 7) is 5.77. The molecule has 1 saturated heterocycles. The highest BCUT2D eigenvalue weighted by molar-refractivity contribution is 5.81. The maximum absolute atomic E-state index is 12.4. The molecule has 0 radical (unpaired) electrons. The van der Waals surface area contributed by atoms with Gasteiger partial charge in [-0.15, -0.1) is 0 Å². The number of esters is 1. The molecule has 31 heavy (non-hydrogen) atoms. The topological polar surface area (TPSA) is 106 Å². The van der Waals surface area contributed by atoms with Crippen LogP contribution >= 0.6 is 0 Å². The number of nitriles is 1. The highest BCUT2D eigenvalue weighted by Crippen LogP contribution is 2.16. The van der Waals surface area contributed by atoms with Gasteiger partial charge in [0.25, 0.3) is 11.5 Å². The predicted octanol–water partition coefficient (Wildman–Crippen LogP) is 1.69. The third kappa shape index (κ3) is 5.31. The van der Waals surface area contributed by atoms with Gasteiger partial charge in [0.2, 0.25) is 0 Å². The molecular weight excluding hydrogens is 396 g/mol. The van der Waals surface area contributed by atoms with Crippen molar-refractivity contribution in [3.05, 3.63) is 63.1 Å². The maximum atomic E-state index is 12.4. The van der Waals surface area contributed by atoms with E-state index in [0.29, 0.717) is 30.8 Å². The minimum Gasteiger partial charge on any atom is -0.456 e. The molecule has 0 spiro atoms. The molecule has 1 aromatic heterocycles. The summed E-state index contributed by atoms with van der Waals surface area (Å²) in [5, 5.41) is 9.14. The van der Waals surface area contributed by atoms with Crippen molar-refractivity contribution in [2.45, 2.75) is 26.7 Å². The molecule has 1 aliphatic rings. The number of para-hydroxylation sites is 1. The van der Waals surface area contributed by atoms with Gasteiger partial charge in [0.15, 0.2) is 6.61 Å². The molecule has 162 valence electrons. The minimum atomic E-state index is -0.486. The average Bonchev–Trinajstić information content (AvgIpc) is 2.78. The summed E-state index contributed by atoms with van der Waals surface area (Å²) in [5.74, 6) is -0.691. The van der Waals surface area contributed by atoms with Crippen LogP contribution in [0.1, 0.15) is 28.8 Å². The van der Waals surface area contributed by atoms with Gasteiger partial charge in [-0.25, -0.2) is 0 Å². The zero-order chi connectivity index (χ0) is 22.4. The van der Waals surface area contributed by atoms with Crippen molar-refractivity contribution >= 4 is 17.6 Å². The summed E-state index contributed by atoms with van der Waals surface area (Å²) in [7, 11) is 0. The summed E-state index contributed by atoms with van der Waals surface area (Å²) in [6, 6.07) is 11.9. The number of rotatable bonds is 6. The number of aromatic amines is 1. The van der Waals surface area contributed by atoms with E-state index in [2.05, 4.69) is 9.88 Å². The van der Waals surface area contributed by atoms with Gasteiger partial charge in [-0.05, 0) is 43.5 Å². The monoisotopic (exact) mass is 422 g/mol. The zero-order valence-electron chi connectivity index (χ0n) is 17.8. The van der Waals surface area contributed by atoms with Gasteiger partial charge in [-0.3, -0.25) is 14.4 Å². The molecule has 2 aromatic rings. The smallest absolute Gasteiger partial charge is 0.306 e. The Hall–Kier alpha value is -3.60. The van der Waals surface area contributed by atoms with Crippen LogP contribution in [0.5, 0.6) is 0 Å². The van der Waals surface area contributed by atoms with Crippen LogP contribution in [-0.4, -0.2) is 54.5 Å². The van der Waals surface area contributed by atoms with E-state index >= 15 is 0 Å². The molecule has 1 aromatic carbocycles.